The van der Waals surface area contributed by atoms with Gasteiger partial charge in [-0.2, -0.15) is 15.5 Å². The molecule has 4 heteroatoms. The van der Waals surface area contributed by atoms with Gasteiger partial charge in [-0.05, 0) is 19.9 Å². The minimum atomic E-state index is 0.157. The molecule has 1 aromatic rings. The molecule has 0 aromatic carbocycles. The summed E-state index contributed by atoms with van der Waals surface area (Å²) in [5.74, 6) is 0. The van der Waals surface area contributed by atoms with Crippen molar-refractivity contribution in [3.05, 3.63) is 18.5 Å². The largest absolute Gasteiger partial charge is 0.256 e. The van der Waals surface area contributed by atoms with Crippen LogP contribution in [0.15, 0.2) is 18.5 Å². The van der Waals surface area contributed by atoms with Crippen LogP contribution in [-0.4, -0.2) is 16.0 Å². The van der Waals surface area contributed by atoms with E-state index in [-0.39, 0.29) is 6.10 Å². The van der Waals surface area contributed by atoms with Crippen molar-refractivity contribution in [2.24, 2.45) is 0 Å². The monoisotopic (exact) mass is 141 g/mol. The summed E-state index contributed by atoms with van der Waals surface area (Å²) in [4.78, 5) is 6.54. The summed E-state index contributed by atoms with van der Waals surface area (Å²) in [6.45, 7) is 3.88. The summed E-state index contributed by atoms with van der Waals surface area (Å²) >= 11 is 0. The molecule has 0 amide bonds. The van der Waals surface area contributed by atoms with Gasteiger partial charge < -0.3 is 0 Å². The van der Waals surface area contributed by atoms with Crippen molar-refractivity contribution in [1.82, 2.24) is 9.89 Å². The Bertz CT molecular complexity index is 171. The average Bonchev–Trinajstić information content (AvgIpc) is 2.34. The van der Waals surface area contributed by atoms with Crippen LogP contribution in [0.3, 0.4) is 0 Å². The second kappa shape index (κ2) is 3.22. The summed E-state index contributed by atoms with van der Waals surface area (Å²) in [5, 5.41) is 3.87. The van der Waals surface area contributed by atoms with Crippen LogP contribution in [0, 0.1) is 0 Å². The van der Waals surface area contributed by atoms with E-state index in [4.69, 9.17) is 4.84 Å². The van der Waals surface area contributed by atoms with Gasteiger partial charge in [0.2, 0.25) is 0 Å². The Labute approximate surface area is 59.7 Å². The molecule has 0 radical (unpaired) electrons. The lowest BCUT2D eigenvalue weighted by Crippen LogP contribution is -2.19. The number of hydrogen-bond acceptors (Lipinski definition) is 3. The predicted octanol–water partition coefficient (Wildman–Crippen LogP) is 0.767. The van der Waals surface area contributed by atoms with Crippen molar-refractivity contribution < 1.29 is 4.84 Å². The van der Waals surface area contributed by atoms with Gasteiger partial charge in [0.1, 0.15) is 0 Å². The minimum Gasteiger partial charge on any atom is -0.256 e. The minimum absolute atomic E-state index is 0.157. The van der Waals surface area contributed by atoms with E-state index in [9.17, 15) is 0 Å². The van der Waals surface area contributed by atoms with Crippen LogP contribution < -0.4 is 5.59 Å². The maximum Gasteiger partial charge on any atom is 0.0816 e. The highest BCUT2D eigenvalue weighted by Gasteiger charge is 1.90. The lowest BCUT2D eigenvalue weighted by molar-refractivity contribution is 0.0920. The first kappa shape index (κ1) is 7.08. The normalized spacial score (nSPS) is 10.3. The molecule has 0 saturated heterocycles. The third-order valence-corrected chi connectivity index (χ3v) is 0.886. The van der Waals surface area contributed by atoms with Crippen molar-refractivity contribution in [2.75, 3.05) is 5.59 Å². The molecule has 0 unspecified atom stereocenters. The molecule has 0 fully saturated rings. The van der Waals surface area contributed by atoms with Crippen LogP contribution in [0.4, 0.5) is 0 Å². The second-order valence-electron chi connectivity index (χ2n) is 2.21. The predicted molar refractivity (Wildman–Crippen MR) is 37.8 cm³/mol. The zero-order chi connectivity index (χ0) is 7.40. The van der Waals surface area contributed by atoms with E-state index in [1.165, 1.54) is 4.79 Å². The van der Waals surface area contributed by atoms with E-state index < -0.39 is 0 Å². The molecule has 0 saturated carbocycles. The topological polar surface area (TPSA) is 39.1 Å². The van der Waals surface area contributed by atoms with Crippen molar-refractivity contribution in [2.45, 2.75) is 20.0 Å². The number of rotatable bonds is 3. The van der Waals surface area contributed by atoms with Gasteiger partial charge in [-0.15, -0.1) is 0 Å². The lowest BCUT2D eigenvalue weighted by atomic mass is 10.5. The van der Waals surface area contributed by atoms with Gasteiger partial charge in [0, 0.05) is 0 Å². The Kier molecular flexibility index (Phi) is 2.28. The van der Waals surface area contributed by atoms with Crippen LogP contribution in [0.1, 0.15) is 13.8 Å². The highest BCUT2D eigenvalue weighted by atomic mass is 16.7. The summed E-state index contributed by atoms with van der Waals surface area (Å²) < 4.78 is 0. The second-order valence-corrected chi connectivity index (χ2v) is 2.21. The fraction of sp³-hybridized carbons (Fsp3) is 0.500. The number of aromatic nitrogens is 2. The molecule has 10 heavy (non-hydrogen) atoms. The fourth-order valence-electron chi connectivity index (χ4n) is 0.482. The quantitative estimate of drug-likeness (QED) is 0.632. The summed E-state index contributed by atoms with van der Waals surface area (Å²) in [5.41, 5.74) is 2.63. The summed E-state index contributed by atoms with van der Waals surface area (Å²) in [6, 6.07) is 1.82. The molecule has 0 bridgehead atoms. The maximum atomic E-state index is 5.04. The third kappa shape index (κ3) is 2.06. The highest BCUT2D eigenvalue weighted by molar-refractivity contribution is 4.78. The zero-order valence-corrected chi connectivity index (χ0v) is 6.11. The Morgan fingerprint density at radius 3 is 2.90 bits per heavy atom. The van der Waals surface area contributed by atoms with Gasteiger partial charge >= 0.3 is 0 Å². The third-order valence-electron chi connectivity index (χ3n) is 0.886. The Morgan fingerprint density at radius 1 is 1.60 bits per heavy atom. The average molecular weight is 141 g/mol. The van der Waals surface area contributed by atoms with E-state index in [1.807, 2.05) is 19.9 Å². The molecule has 0 atom stereocenters. The van der Waals surface area contributed by atoms with Crippen LogP contribution in [0.25, 0.3) is 0 Å². The SMILES string of the molecule is CC(C)ONn1cccn1. The van der Waals surface area contributed by atoms with Crippen LogP contribution in [-0.2, 0) is 4.84 Å². The van der Waals surface area contributed by atoms with Crippen LogP contribution in [0.2, 0.25) is 0 Å². The Hall–Kier alpha value is -1.03. The van der Waals surface area contributed by atoms with Gasteiger partial charge in [-0.25, -0.2) is 0 Å². The van der Waals surface area contributed by atoms with E-state index in [0.717, 1.165) is 0 Å². The van der Waals surface area contributed by atoms with Gasteiger partial charge in [0.15, 0.2) is 0 Å². The first-order valence-corrected chi connectivity index (χ1v) is 3.20. The summed E-state index contributed by atoms with van der Waals surface area (Å²) in [6.07, 6.45) is 3.60. The van der Waals surface area contributed by atoms with Crippen molar-refractivity contribution in [3.8, 4) is 0 Å². The van der Waals surface area contributed by atoms with Gasteiger partial charge in [-0.1, -0.05) is 0 Å². The molecule has 0 aliphatic heterocycles. The number of nitrogens with one attached hydrogen (secondary N) is 1. The highest BCUT2D eigenvalue weighted by Crippen LogP contribution is 1.85. The standard InChI is InChI=1S/C6H11N3O/c1-6(2)10-8-9-5-3-4-7-9/h3-6,8H,1-2H3. The van der Waals surface area contributed by atoms with Crippen molar-refractivity contribution in [1.29, 1.82) is 0 Å². The molecule has 0 spiro atoms. The number of nitrogens with zero attached hydrogens (tertiary/aromatic N) is 2. The molecular weight excluding hydrogens is 130 g/mol. The van der Waals surface area contributed by atoms with E-state index in [0.29, 0.717) is 0 Å². The van der Waals surface area contributed by atoms with Crippen molar-refractivity contribution >= 4 is 0 Å². The first-order valence-electron chi connectivity index (χ1n) is 3.20. The molecule has 1 N–H and O–H groups in total. The zero-order valence-electron chi connectivity index (χ0n) is 6.11. The van der Waals surface area contributed by atoms with Crippen LogP contribution in [0.5, 0.6) is 0 Å². The maximum absolute atomic E-state index is 5.04. The summed E-state index contributed by atoms with van der Waals surface area (Å²) in [7, 11) is 0. The first-order chi connectivity index (χ1) is 4.79. The van der Waals surface area contributed by atoms with Gasteiger partial charge in [-0.3, -0.25) is 4.84 Å². The molecule has 1 heterocycles. The molecule has 1 rings (SSSR count). The van der Waals surface area contributed by atoms with E-state index in [2.05, 4.69) is 10.7 Å². The smallest absolute Gasteiger partial charge is 0.0816 e. The molecule has 0 aliphatic carbocycles. The molecule has 56 valence electrons. The molecule has 1 aromatic heterocycles. The van der Waals surface area contributed by atoms with Gasteiger partial charge in [0.05, 0.1) is 18.5 Å². The van der Waals surface area contributed by atoms with Gasteiger partial charge in [0.25, 0.3) is 0 Å². The lowest BCUT2D eigenvalue weighted by Gasteiger charge is -2.07. The fourth-order valence-corrected chi connectivity index (χ4v) is 0.482. The van der Waals surface area contributed by atoms with E-state index >= 15 is 0 Å². The van der Waals surface area contributed by atoms with Crippen LogP contribution >= 0.6 is 0 Å². The Morgan fingerprint density at radius 2 is 2.40 bits per heavy atom. The molecular formula is C6H11N3O. The number of hydrogen-bond donors (Lipinski definition) is 1. The van der Waals surface area contributed by atoms with E-state index in [1.54, 1.807) is 12.4 Å². The Balaban J connectivity index is 2.28. The van der Waals surface area contributed by atoms with Crippen molar-refractivity contribution in [3.63, 3.8) is 0 Å². The molecule has 0 aliphatic rings. The molecule has 4 nitrogen and oxygen atoms in total.